The van der Waals surface area contributed by atoms with Crippen LogP contribution in [-0.4, -0.2) is 41.6 Å². The molecule has 0 N–H and O–H groups in total. The van der Waals surface area contributed by atoms with Crippen LogP contribution in [0.15, 0.2) is 42.5 Å². The molecule has 1 aliphatic rings. The number of aromatic nitrogens is 2. The highest BCUT2D eigenvalue weighted by molar-refractivity contribution is 7.89. The fourth-order valence-electron chi connectivity index (χ4n) is 4.49. The average Bonchev–Trinajstić information content (AvgIpc) is 3.25. The predicted molar refractivity (Wildman–Crippen MR) is 118 cm³/mol. The van der Waals surface area contributed by atoms with Crippen LogP contribution in [0.3, 0.4) is 0 Å². The van der Waals surface area contributed by atoms with Crippen LogP contribution in [0, 0.1) is 13.8 Å². The largest absolute Gasteiger partial charge is 0.334 e. The molecule has 0 aliphatic carbocycles. The molecule has 2 aromatic carbocycles. The molecule has 1 atom stereocenters. The number of likely N-dealkylation sites (tertiary alicyclic amines) is 1. The van der Waals surface area contributed by atoms with Crippen molar-refractivity contribution in [1.29, 1.82) is 0 Å². The van der Waals surface area contributed by atoms with Crippen LogP contribution in [0.2, 0.25) is 0 Å². The van der Waals surface area contributed by atoms with E-state index in [9.17, 15) is 13.2 Å². The zero-order chi connectivity index (χ0) is 21.5. The molecule has 1 aromatic heterocycles. The van der Waals surface area contributed by atoms with Crippen LogP contribution in [0.5, 0.6) is 0 Å². The van der Waals surface area contributed by atoms with Crippen molar-refractivity contribution in [2.75, 3.05) is 12.8 Å². The van der Waals surface area contributed by atoms with Gasteiger partial charge in [0.1, 0.15) is 18.1 Å². The summed E-state index contributed by atoms with van der Waals surface area (Å²) in [6.07, 6.45) is 3.09. The molecule has 1 fully saturated rings. The summed E-state index contributed by atoms with van der Waals surface area (Å²) < 4.78 is 25.6. The smallest absolute Gasteiger partial charge is 0.243 e. The van der Waals surface area contributed by atoms with E-state index in [1.165, 1.54) is 22.9 Å². The molecule has 7 heteroatoms. The summed E-state index contributed by atoms with van der Waals surface area (Å²) in [6, 6.07) is 14.0. The fraction of sp³-hybridized carbons (Fsp3) is 0.391. The Labute approximate surface area is 177 Å². The molecular formula is C23H27N3O3S. The normalized spacial score (nSPS) is 17.0. The third kappa shape index (κ3) is 4.26. The van der Waals surface area contributed by atoms with Gasteiger partial charge < -0.3 is 9.47 Å². The molecule has 0 radical (unpaired) electrons. The lowest BCUT2D eigenvalue weighted by Crippen LogP contribution is -2.34. The monoisotopic (exact) mass is 425 g/mol. The summed E-state index contributed by atoms with van der Waals surface area (Å²) in [5, 5.41) is 0. The lowest BCUT2D eigenvalue weighted by molar-refractivity contribution is -0.132. The third-order valence-electron chi connectivity index (χ3n) is 5.62. The second-order valence-electron chi connectivity index (χ2n) is 8.34. The van der Waals surface area contributed by atoms with Crippen LogP contribution in [0.4, 0.5) is 0 Å². The number of aryl methyl sites for hydroxylation is 2. The lowest BCUT2D eigenvalue weighted by atomic mass is 9.99. The van der Waals surface area contributed by atoms with Crippen molar-refractivity contribution in [2.24, 2.45) is 0 Å². The van der Waals surface area contributed by atoms with Crippen LogP contribution in [0.1, 0.15) is 41.4 Å². The highest BCUT2D eigenvalue weighted by Gasteiger charge is 2.31. The maximum Gasteiger partial charge on any atom is 0.243 e. The molecule has 30 heavy (non-hydrogen) atoms. The molecule has 1 unspecified atom stereocenters. The van der Waals surface area contributed by atoms with E-state index in [2.05, 4.69) is 37.0 Å². The molecule has 1 saturated heterocycles. The first kappa shape index (κ1) is 20.6. The summed E-state index contributed by atoms with van der Waals surface area (Å²) in [6.45, 7) is 4.95. The molecule has 4 rings (SSSR count). The Hall–Kier alpha value is -2.67. The van der Waals surface area contributed by atoms with Crippen molar-refractivity contribution in [3.63, 3.8) is 0 Å². The molecular weight excluding hydrogens is 398 g/mol. The highest BCUT2D eigenvalue weighted by Crippen LogP contribution is 2.33. The standard InChI is InChI=1S/C23H27N3O3S/c1-16-11-17(2)13-18(12-16)20-9-6-10-25(20)23(27)14-26-21-8-5-4-7-19(21)24-22(26)15-30(3,28)29/h4-5,7-8,11-13,20H,6,9-10,14-15H2,1-3H3. The van der Waals surface area contributed by atoms with E-state index in [1.54, 1.807) is 4.57 Å². The van der Waals surface area contributed by atoms with E-state index in [-0.39, 0.29) is 24.2 Å². The molecule has 0 bridgehead atoms. The SMILES string of the molecule is Cc1cc(C)cc(C2CCCN2C(=O)Cn2c(CS(C)(=O)=O)nc3ccccc32)c1. The third-order valence-corrected chi connectivity index (χ3v) is 6.40. The summed E-state index contributed by atoms with van der Waals surface area (Å²) in [7, 11) is -3.27. The van der Waals surface area contributed by atoms with Crippen molar-refractivity contribution in [1.82, 2.24) is 14.5 Å². The molecule has 3 aromatic rings. The number of carbonyl (C=O) groups excluding carboxylic acids is 1. The van der Waals surface area contributed by atoms with E-state index in [0.717, 1.165) is 18.4 Å². The van der Waals surface area contributed by atoms with Crippen LogP contribution in [-0.2, 0) is 26.9 Å². The Kier molecular flexibility index (Phi) is 5.40. The zero-order valence-corrected chi connectivity index (χ0v) is 18.4. The number of hydrogen-bond donors (Lipinski definition) is 0. The van der Waals surface area contributed by atoms with Crippen molar-refractivity contribution < 1.29 is 13.2 Å². The number of amides is 1. The maximum absolute atomic E-state index is 13.4. The first-order valence-electron chi connectivity index (χ1n) is 10.2. The zero-order valence-electron chi connectivity index (χ0n) is 17.6. The first-order chi connectivity index (χ1) is 14.2. The average molecular weight is 426 g/mol. The summed E-state index contributed by atoms with van der Waals surface area (Å²) >= 11 is 0. The number of para-hydroxylation sites is 2. The first-order valence-corrected chi connectivity index (χ1v) is 12.3. The van der Waals surface area contributed by atoms with E-state index in [0.29, 0.717) is 17.9 Å². The Morgan fingerprint density at radius 2 is 1.83 bits per heavy atom. The Morgan fingerprint density at radius 1 is 1.13 bits per heavy atom. The summed E-state index contributed by atoms with van der Waals surface area (Å²) in [5.74, 6) is 0.221. The number of sulfone groups is 1. The van der Waals surface area contributed by atoms with Gasteiger partial charge in [0, 0.05) is 12.8 Å². The quantitative estimate of drug-likeness (QED) is 0.627. The highest BCUT2D eigenvalue weighted by atomic mass is 32.2. The van der Waals surface area contributed by atoms with Gasteiger partial charge in [0.25, 0.3) is 0 Å². The van der Waals surface area contributed by atoms with Gasteiger partial charge in [-0.25, -0.2) is 13.4 Å². The van der Waals surface area contributed by atoms with Gasteiger partial charge in [0.15, 0.2) is 9.84 Å². The fourth-order valence-corrected chi connectivity index (χ4v) is 5.18. The Balaban J connectivity index is 1.66. The number of rotatable bonds is 5. The van der Waals surface area contributed by atoms with E-state index >= 15 is 0 Å². The molecule has 1 aliphatic heterocycles. The number of nitrogens with zero attached hydrogens (tertiary/aromatic N) is 3. The minimum Gasteiger partial charge on any atom is -0.334 e. The Bertz CT molecular complexity index is 1190. The van der Waals surface area contributed by atoms with Gasteiger partial charge in [0.05, 0.1) is 17.1 Å². The molecule has 0 saturated carbocycles. The molecule has 2 heterocycles. The topological polar surface area (TPSA) is 72.3 Å². The second kappa shape index (κ2) is 7.87. The van der Waals surface area contributed by atoms with Crippen LogP contribution < -0.4 is 0 Å². The minimum absolute atomic E-state index is 0.00503. The number of imidazole rings is 1. The number of hydrogen-bond acceptors (Lipinski definition) is 4. The van der Waals surface area contributed by atoms with Gasteiger partial charge in [0.2, 0.25) is 5.91 Å². The maximum atomic E-state index is 13.4. The van der Waals surface area contributed by atoms with Gasteiger partial charge in [-0.15, -0.1) is 0 Å². The van der Waals surface area contributed by atoms with Crippen molar-refractivity contribution in [2.45, 2.75) is 45.0 Å². The lowest BCUT2D eigenvalue weighted by Gasteiger charge is -2.26. The van der Waals surface area contributed by atoms with Crippen LogP contribution >= 0.6 is 0 Å². The summed E-state index contributed by atoms with van der Waals surface area (Å²) in [4.78, 5) is 19.8. The van der Waals surface area contributed by atoms with Gasteiger partial charge in [-0.1, -0.05) is 41.5 Å². The van der Waals surface area contributed by atoms with Crippen molar-refractivity contribution in [3.05, 3.63) is 65.0 Å². The van der Waals surface area contributed by atoms with E-state index in [4.69, 9.17) is 0 Å². The molecule has 1 amide bonds. The molecule has 0 spiro atoms. The van der Waals surface area contributed by atoms with Gasteiger partial charge in [-0.3, -0.25) is 4.79 Å². The van der Waals surface area contributed by atoms with Crippen molar-refractivity contribution in [3.8, 4) is 0 Å². The molecule has 158 valence electrons. The van der Waals surface area contributed by atoms with Gasteiger partial charge >= 0.3 is 0 Å². The minimum atomic E-state index is -3.27. The van der Waals surface area contributed by atoms with E-state index < -0.39 is 9.84 Å². The predicted octanol–water partition coefficient (Wildman–Crippen LogP) is 3.56. The van der Waals surface area contributed by atoms with E-state index in [1.807, 2.05) is 29.2 Å². The number of benzene rings is 2. The number of fused-ring (bicyclic) bond motifs is 1. The second-order valence-corrected chi connectivity index (χ2v) is 10.5. The van der Waals surface area contributed by atoms with Gasteiger partial charge in [-0.2, -0.15) is 0 Å². The molecule has 6 nitrogen and oxygen atoms in total. The van der Waals surface area contributed by atoms with Gasteiger partial charge in [-0.05, 0) is 44.4 Å². The van der Waals surface area contributed by atoms with Crippen molar-refractivity contribution >= 4 is 26.8 Å². The Morgan fingerprint density at radius 3 is 2.53 bits per heavy atom. The number of carbonyl (C=O) groups is 1. The van der Waals surface area contributed by atoms with Crippen LogP contribution in [0.25, 0.3) is 11.0 Å². The summed E-state index contributed by atoms with van der Waals surface area (Å²) in [5.41, 5.74) is 5.05.